The number of amides is 4. The first kappa shape index (κ1) is 18.2. The number of urea groups is 1. The van der Waals surface area contributed by atoms with Crippen molar-refractivity contribution in [2.24, 2.45) is 0 Å². The average Bonchev–Trinajstić information content (AvgIpc) is 3.40. The van der Waals surface area contributed by atoms with E-state index in [0.717, 1.165) is 29.1 Å². The van der Waals surface area contributed by atoms with Crippen LogP contribution in [0.3, 0.4) is 0 Å². The summed E-state index contributed by atoms with van der Waals surface area (Å²) < 4.78 is 5.14. The third-order valence-corrected chi connectivity index (χ3v) is 5.06. The number of ether oxygens (including phenoxy) is 1. The van der Waals surface area contributed by atoms with Gasteiger partial charge in [0.05, 0.1) is 7.11 Å². The molecular weight excluding hydrogens is 334 g/mol. The quantitative estimate of drug-likeness (QED) is 0.724. The van der Waals surface area contributed by atoms with Crippen LogP contribution in [0.1, 0.15) is 38.7 Å². The number of imide groups is 1. The molecule has 1 aliphatic heterocycles. The predicted octanol–water partition coefficient (Wildman–Crippen LogP) is 1.61. The summed E-state index contributed by atoms with van der Waals surface area (Å²) in [5.74, 6) is 0.136. The number of nitrogens with zero attached hydrogens (tertiary/aromatic N) is 1. The lowest BCUT2D eigenvalue weighted by molar-refractivity contribution is -0.137. The topological polar surface area (TPSA) is 87.7 Å². The molecule has 1 saturated carbocycles. The number of carbonyl (C=O) groups is 3. The van der Waals surface area contributed by atoms with Gasteiger partial charge in [-0.05, 0) is 57.2 Å². The zero-order valence-corrected chi connectivity index (χ0v) is 15.4. The number of benzene rings is 1. The molecule has 140 valence electrons. The molecular formula is C19H25N3O4. The summed E-state index contributed by atoms with van der Waals surface area (Å²) in [4.78, 5) is 38.5. The van der Waals surface area contributed by atoms with Crippen LogP contribution in [0.25, 0.3) is 0 Å². The molecule has 1 aliphatic carbocycles. The maximum atomic E-state index is 12.8. The molecule has 1 aromatic rings. The summed E-state index contributed by atoms with van der Waals surface area (Å²) in [5, 5.41) is 5.60. The van der Waals surface area contributed by atoms with Crippen molar-refractivity contribution in [1.82, 2.24) is 15.5 Å². The van der Waals surface area contributed by atoms with Gasteiger partial charge in [-0.2, -0.15) is 0 Å². The average molecular weight is 359 g/mol. The minimum Gasteiger partial charge on any atom is -0.497 e. The first-order valence-electron chi connectivity index (χ1n) is 8.93. The van der Waals surface area contributed by atoms with Crippen LogP contribution >= 0.6 is 0 Å². The number of rotatable bonds is 7. The molecule has 0 spiro atoms. The number of hydrogen-bond donors (Lipinski definition) is 2. The maximum Gasteiger partial charge on any atom is 0.325 e. The lowest BCUT2D eigenvalue weighted by Gasteiger charge is -2.24. The Kier molecular flexibility index (Phi) is 4.89. The lowest BCUT2D eigenvalue weighted by Crippen LogP contribution is -2.50. The monoisotopic (exact) mass is 359 g/mol. The van der Waals surface area contributed by atoms with Crippen molar-refractivity contribution in [1.29, 1.82) is 0 Å². The van der Waals surface area contributed by atoms with Gasteiger partial charge in [0.2, 0.25) is 5.91 Å². The molecule has 7 heteroatoms. The fourth-order valence-corrected chi connectivity index (χ4v) is 3.08. The number of carbonyl (C=O) groups excluding carboxylic acids is 3. The van der Waals surface area contributed by atoms with Crippen LogP contribution in [-0.2, 0) is 16.0 Å². The minimum atomic E-state index is -1.01. The van der Waals surface area contributed by atoms with Gasteiger partial charge in [0.1, 0.15) is 17.3 Å². The SMILES string of the molecule is COc1ccc(CC[C@@]2(C)NC(=O)N([C@@H](C)C(=O)NC3CC3)C2=O)cc1. The molecule has 0 aromatic heterocycles. The zero-order valence-electron chi connectivity index (χ0n) is 15.4. The van der Waals surface area contributed by atoms with Crippen LogP contribution in [0.15, 0.2) is 24.3 Å². The number of nitrogens with one attached hydrogen (secondary N) is 2. The second kappa shape index (κ2) is 6.97. The Morgan fingerprint density at radius 2 is 2.00 bits per heavy atom. The van der Waals surface area contributed by atoms with E-state index in [9.17, 15) is 14.4 Å². The van der Waals surface area contributed by atoms with Gasteiger partial charge in [0.15, 0.2) is 0 Å². The van der Waals surface area contributed by atoms with E-state index in [1.165, 1.54) is 0 Å². The highest BCUT2D eigenvalue weighted by Crippen LogP contribution is 2.26. The summed E-state index contributed by atoms with van der Waals surface area (Å²) in [6.07, 6.45) is 3.00. The Morgan fingerprint density at radius 1 is 1.35 bits per heavy atom. The highest BCUT2D eigenvalue weighted by Gasteiger charge is 2.50. The number of aryl methyl sites for hydroxylation is 1. The van der Waals surface area contributed by atoms with Crippen molar-refractivity contribution in [3.8, 4) is 5.75 Å². The van der Waals surface area contributed by atoms with Crippen LogP contribution in [0.5, 0.6) is 5.75 Å². The first-order chi connectivity index (χ1) is 12.3. The van der Waals surface area contributed by atoms with Crippen LogP contribution in [-0.4, -0.2) is 47.5 Å². The van der Waals surface area contributed by atoms with E-state index >= 15 is 0 Å². The fourth-order valence-electron chi connectivity index (χ4n) is 3.08. The number of hydrogen-bond acceptors (Lipinski definition) is 4. The summed E-state index contributed by atoms with van der Waals surface area (Å²) in [6.45, 7) is 3.30. The van der Waals surface area contributed by atoms with Gasteiger partial charge in [0.25, 0.3) is 5.91 Å². The molecule has 26 heavy (non-hydrogen) atoms. The Bertz CT molecular complexity index is 714. The summed E-state index contributed by atoms with van der Waals surface area (Å²) in [7, 11) is 1.61. The Labute approximate surface area is 153 Å². The molecule has 0 unspecified atom stereocenters. The zero-order chi connectivity index (χ0) is 18.9. The van der Waals surface area contributed by atoms with Gasteiger partial charge in [-0.1, -0.05) is 12.1 Å². The van der Waals surface area contributed by atoms with Gasteiger partial charge in [-0.15, -0.1) is 0 Å². The van der Waals surface area contributed by atoms with Crippen LogP contribution < -0.4 is 15.4 Å². The van der Waals surface area contributed by atoms with Gasteiger partial charge >= 0.3 is 6.03 Å². The van der Waals surface area contributed by atoms with E-state index in [4.69, 9.17) is 4.74 Å². The normalized spacial score (nSPS) is 23.6. The first-order valence-corrected chi connectivity index (χ1v) is 8.93. The van der Waals surface area contributed by atoms with E-state index in [1.807, 2.05) is 24.3 Å². The molecule has 1 saturated heterocycles. The second-order valence-electron chi connectivity index (χ2n) is 7.24. The molecule has 2 aliphatic rings. The van der Waals surface area contributed by atoms with Crippen LogP contribution in [0.4, 0.5) is 4.79 Å². The van der Waals surface area contributed by atoms with Crippen LogP contribution in [0, 0.1) is 0 Å². The molecule has 1 aromatic carbocycles. The molecule has 0 radical (unpaired) electrons. The van der Waals surface area contributed by atoms with E-state index in [2.05, 4.69) is 10.6 Å². The van der Waals surface area contributed by atoms with Crippen molar-refractivity contribution in [3.05, 3.63) is 29.8 Å². The third kappa shape index (κ3) is 3.66. The maximum absolute atomic E-state index is 12.8. The summed E-state index contributed by atoms with van der Waals surface area (Å²) >= 11 is 0. The summed E-state index contributed by atoms with van der Waals surface area (Å²) in [5.41, 5.74) is 0.0394. The molecule has 3 rings (SSSR count). The molecule has 0 bridgehead atoms. The van der Waals surface area contributed by atoms with E-state index < -0.39 is 17.6 Å². The Hall–Kier alpha value is -2.57. The highest BCUT2D eigenvalue weighted by molar-refractivity contribution is 6.09. The van der Waals surface area contributed by atoms with E-state index in [1.54, 1.807) is 21.0 Å². The van der Waals surface area contributed by atoms with E-state index in [0.29, 0.717) is 12.8 Å². The van der Waals surface area contributed by atoms with Crippen molar-refractivity contribution in [2.75, 3.05) is 7.11 Å². The van der Waals surface area contributed by atoms with Gasteiger partial charge in [-0.3, -0.25) is 9.59 Å². The largest absolute Gasteiger partial charge is 0.497 e. The minimum absolute atomic E-state index is 0.187. The van der Waals surface area contributed by atoms with Crippen molar-refractivity contribution in [3.63, 3.8) is 0 Å². The van der Waals surface area contributed by atoms with Crippen molar-refractivity contribution in [2.45, 2.75) is 57.2 Å². The molecule has 4 amide bonds. The second-order valence-corrected chi connectivity index (χ2v) is 7.24. The molecule has 7 nitrogen and oxygen atoms in total. The third-order valence-electron chi connectivity index (χ3n) is 5.06. The van der Waals surface area contributed by atoms with Gasteiger partial charge in [-0.25, -0.2) is 9.69 Å². The Morgan fingerprint density at radius 3 is 2.58 bits per heavy atom. The van der Waals surface area contributed by atoms with Crippen LogP contribution in [0.2, 0.25) is 0 Å². The fraction of sp³-hybridized carbons (Fsp3) is 0.526. The molecule has 2 atom stereocenters. The van der Waals surface area contributed by atoms with Gasteiger partial charge in [0, 0.05) is 6.04 Å². The molecule has 2 fully saturated rings. The number of methoxy groups -OCH3 is 1. The summed E-state index contributed by atoms with van der Waals surface area (Å²) in [6, 6.07) is 6.47. The standard InChI is InChI=1S/C19H25N3O4/c1-12(16(23)20-14-6-7-14)22-17(24)19(2,21-18(22)25)11-10-13-4-8-15(26-3)9-5-13/h4-5,8-9,12,14H,6-7,10-11H2,1-3H3,(H,20,23)(H,21,25)/t12-,19+/m0/s1. The van der Waals surface area contributed by atoms with Gasteiger partial charge < -0.3 is 15.4 Å². The lowest BCUT2D eigenvalue weighted by atomic mass is 9.93. The molecule has 2 N–H and O–H groups in total. The molecule has 1 heterocycles. The predicted molar refractivity (Wildman–Crippen MR) is 95.7 cm³/mol. The Balaban J connectivity index is 1.64. The highest BCUT2D eigenvalue weighted by atomic mass is 16.5. The van der Waals surface area contributed by atoms with Crippen molar-refractivity contribution >= 4 is 17.8 Å². The van der Waals surface area contributed by atoms with Crippen molar-refractivity contribution < 1.29 is 19.1 Å². The van der Waals surface area contributed by atoms with E-state index in [-0.39, 0.29) is 17.9 Å². The smallest absolute Gasteiger partial charge is 0.325 e.